The van der Waals surface area contributed by atoms with Crippen molar-refractivity contribution in [1.29, 1.82) is 0 Å². The van der Waals surface area contributed by atoms with Gasteiger partial charge >= 0.3 is 0 Å². The Labute approximate surface area is 144 Å². The van der Waals surface area contributed by atoms with Gasteiger partial charge in [0, 0.05) is 24.7 Å². The highest BCUT2D eigenvalue weighted by molar-refractivity contribution is 7.88. The molecular weight excluding hydrogens is 328 g/mol. The molecule has 7 heteroatoms. The molecule has 1 N–H and O–H groups in total. The molecule has 1 aliphatic rings. The first-order valence-corrected chi connectivity index (χ1v) is 10.2. The van der Waals surface area contributed by atoms with Crippen molar-refractivity contribution in [2.45, 2.75) is 44.6 Å². The van der Waals surface area contributed by atoms with E-state index in [2.05, 4.69) is 5.32 Å². The molecule has 24 heavy (non-hydrogen) atoms. The third-order valence-corrected chi connectivity index (χ3v) is 5.67. The molecule has 1 aromatic carbocycles. The number of carbonyl (C=O) groups excluding carboxylic acids is 1. The van der Waals surface area contributed by atoms with Crippen molar-refractivity contribution in [3.05, 3.63) is 24.3 Å². The molecule has 1 amide bonds. The Hall–Kier alpha value is -1.60. The van der Waals surface area contributed by atoms with Crippen molar-refractivity contribution in [3.8, 4) is 5.75 Å². The van der Waals surface area contributed by atoms with Crippen molar-refractivity contribution in [3.63, 3.8) is 0 Å². The number of hydrogen-bond acceptors (Lipinski definition) is 4. The van der Waals surface area contributed by atoms with Crippen molar-refractivity contribution < 1.29 is 17.9 Å². The van der Waals surface area contributed by atoms with Gasteiger partial charge in [-0.15, -0.1) is 0 Å². The molecule has 0 bridgehead atoms. The molecule has 0 aromatic heterocycles. The lowest BCUT2D eigenvalue weighted by Crippen LogP contribution is -2.42. The summed E-state index contributed by atoms with van der Waals surface area (Å²) in [6.07, 6.45) is 6.40. The van der Waals surface area contributed by atoms with E-state index in [9.17, 15) is 13.2 Å². The van der Waals surface area contributed by atoms with Gasteiger partial charge in [0.05, 0.1) is 13.4 Å². The van der Waals surface area contributed by atoms with Gasteiger partial charge in [0.2, 0.25) is 15.9 Å². The molecule has 0 heterocycles. The zero-order chi connectivity index (χ0) is 17.6. The third-order valence-electron chi connectivity index (χ3n) is 4.34. The molecule has 6 nitrogen and oxygen atoms in total. The van der Waals surface area contributed by atoms with E-state index < -0.39 is 10.0 Å². The topological polar surface area (TPSA) is 75.7 Å². The second kappa shape index (κ2) is 8.48. The van der Waals surface area contributed by atoms with Crippen LogP contribution in [0.25, 0.3) is 0 Å². The second-order valence-corrected chi connectivity index (χ2v) is 8.13. The Morgan fingerprint density at radius 2 is 1.83 bits per heavy atom. The smallest absolute Gasteiger partial charge is 0.225 e. The average molecular weight is 354 g/mol. The molecule has 0 spiro atoms. The maximum atomic E-state index is 12.1. The summed E-state index contributed by atoms with van der Waals surface area (Å²) in [5.41, 5.74) is 0.671. The van der Waals surface area contributed by atoms with Crippen LogP contribution in [-0.4, -0.2) is 44.6 Å². The van der Waals surface area contributed by atoms with Crippen molar-refractivity contribution in [1.82, 2.24) is 4.31 Å². The maximum absolute atomic E-state index is 12.1. The zero-order valence-electron chi connectivity index (χ0n) is 14.3. The molecular formula is C17H26N2O4S. The summed E-state index contributed by atoms with van der Waals surface area (Å²) in [5, 5.41) is 2.79. The number of rotatable bonds is 7. The lowest BCUT2D eigenvalue weighted by Gasteiger charge is -2.32. The lowest BCUT2D eigenvalue weighted by atomic mass is 9.95. The first-order valence-electron chi connectivity index (χ1n) is 8.31. The Bertz CT molecular complexity index is 637. The Morgan fingerprint density at radius 1 is 1.21 bits per heavy atom. The fourth-order valence-electron chi connectivity index (χ4n) is 3.10. The summed E-state index contributed by atoms with van der Waals surface area (Å²) in [5.74, 6) is 0.526. The highest BCUT2D eigenvalue weighted by atomic mass is 32.2. The van der Waals surface area contributed by atoms with Crippen LogP contribution in [0, 0.1) is 0 Å². The highest BCUT2D eigenvalue weighted by Crippen LogP contribution is 2.24. The Morgan fingerprint density at radius 3 is 2.38 bits per heavy atom. The van der Waals surface area contributed by atoms with E-state index >= 15 is 0 Å². The van der Waals surface area contributed by atoms with Gasteiger partial charge in [0.1, 0.15) is 5.75 Å². The van der Waals surface area contributed by atoms with E-state index in [1.54, 1.807) is 31.4 Å². The Balaban J connectivity index is 1.91. The first kappa shape index (κ1) is 18.7. The highest BCUT2D eigenvalue weighted by Gasteiger charge is 2.28. The predicted molar refractivity (Wildman–Crippen MR) is 94.7 cm³/mol. The summed E-state index contributed by atoms with van der Waals surface area (Å²) in [6.45, 7) is 0.228. The van der Waals surface area contributed by atoms with E-state index in [1.807, 2.05) is 0 Å². The summed E-state index contributed by atoms with van der Waals surface area (Å²) in [6, 6.07) is 7.07. The van der Waals surface area contributed by atoms with Crippen LogP contribution in [0.4, 0.5) is 5.69 Å². The van der Waals surface area contributed by atoms with E-state index in [0.717, 1.165) is 32.1 Å². The van der Waals surface area contributed by atoms with Gasteiger partial charge in [-0.05, 0) is 37.1 Å². The molecule has 2 rings (SSSR count). The predicted octanol–water partition coefficient (Wildman–Crippen LogP) is 2.62. The second-order valence-electron chi connectivity index (χ2n) is 6.19. The van der Waals surface area contributed by atoms with E-state index in [-0.39, 0.29) is 24.9 Å². The average Bonchev–Trinajstić information content (AvgIpc) is 2.55. The number of carbonyl (C=O) groups is 1. The number of hydrogen-bond donors (Lipinski definition) is 1. The van der Waals surface area contributed by atoms with Gasteiger partial charge in [-0.3, -0.25) is 4.79 Å². The van der Waals surface area contributed by atoms with Gasteiger partial charge < -0.3 is 10.1 Å². The van der Waals surface area contributed by atoms with Crippen LogP contribution in [0.15, 0.2) is 24.3 Å². The summed E-state index contributed by atoms with van der Waals surface area (Å²) in [7, 11) is -1.72. The standard InChI is InChI=1S/C17H26N2O4S/c1-23-16-10-8-14(9-11-16)18-17(20)12-13-19(24(2,21)22)15-6-4-3-5-7-15/h8-11,15H,3-7,12-13H2,1-2H3,(H,18,20). The number of ether oxygens (including phenoxy) is 1. The largest absolute Gasteiger partial charge is 0.497 e. The molecule has 134 valence electrons. The zero-order valence-corrected chi connectivity index (χ0v) is 15.1. The minimum atomic E-state index is -3.31. The van der Waals surface area contributed by atoms with Crippen molar-refractivity contribution >= 4 is 21.6 Å². The van der Waals surface area contributed by atoms with Crippen LogP contribution < -0.4 is 10.1 Å². The van der Waals surface area contributed by atoms with Crippen LogP contribution in [0.2, 0.25) is 0 Å². The van der Waals surface area contributed by atoms with Gasteiger partial charge in [0.15, 0.2) is 0 Å². The van der Waals surface area contributed by atoms with Crippen molar-refractivity contribution in [2.24, 2.45) is 0 Å². The Kier molecular flexibility index (Phi) is 6.62. The number of nitrogens with one attached hydrogen (secondary N) is 1. The number of nitrogens with zero attached hydrogens (tertiary/aromatic N) is 1. The first-order chi connectivity index (χ1) is 11.4. The van der Waals surface area contributed by atoms with E-state index in [0.29, 0.717) is 11.4 Å². The number of methoxy groups -OCH3 is 1. The molecule has 1 aliphatic carbocycles. The fraction of sp³-hybridized carbons (Fsp3) is 0.588. The monoisotopic (exact) mass is 354 g/mol. The SMILES string of the molecule is COc1ccc(NC(=O)CCN(C2CCCCC2)S(C)(=O)=O)cc1. The normalized spacial score (nSPS) is 16.1. The van der Waals surface area contributed by atoms with Crippen LogP contribution in [0.5, 0.6) is 5.75 Å². The van der Waals surface area contributed by atoms with E-state index in [1.165, 1.54) is 10.6 Å². The summed E-state index contributed by atoms with van der Waals surface area (Å²) in [4.78, 5) is 12.1. The van der Waals surface area contributed by atoms with Gasteiger partial charge in [-0.1, -0.05) is 19.3 Å². The minimum absolute atomic E-state index is 0.0301. The quantitative estimate of drug-likeness (QED) is 0.817. The van der Waals surface area contributed by atoms with Crippen LogP contribution >= 0.6 is 0 Å². The molecule has 0 aliphatic heterocycles. The van der Waals surface area contributed by atoms with Crippen LogP contribution in [0.3, 0.4) is 0 Å². The fourth-order valence-corrected chi connectivity index (χ4v) is 4.27. The van der Waals surface area contributed by atoms with Gasteiger partial charge in [0.25, 0.3) is 0 Å². The lowest BCUT2D eigenvalue weighted by molar-refractivity contribution is -0.116. The summed E-state index contributed by atoms with van der Waals surface area (Å²) < 4.78 is 30.7. The molecule has 0 atom stereocenters. The van der Waals surface area contributed by atoms with Gasteiger partial charge in [-0.25, -0.2) is 8.42 Å². The third kappa shape index (κ3) is 5.49. The molecule has 0 saturated heterocycles. The number of anilines is 1. The number of sulfonamides is 1. The molecule has 1 fully saturated rings. The molecule has 0 unspecified atom stereocenters. The van der Waals surface area contributed by atoms with Crippen molar-refractivity contribution in [2.75, 3.05) is 25.2 Å². The van der Waals surface area contributed by atoms with Crippen LogP contribution in [-0.2, 0) is 14.8 Å². The molecule has 0 radical (unpaired) electrons. The van der Waals surface area contributed by atoms with Gasteiger partial charge in [-0.2, -0.15) is 4.31 Å². The number of amides is 1. The van der Waals surface area contributed by atoms with E-state index in [4.69, 9.17) is 4.74 Å². The summed E-state index contributed by atoms with van der Waals surface area (Å²) >= 11 is 0. The van der Waals surface area contributed by atoms with Crippen LogP contribution in [0.1, 0.15) is 38.5 Å². The number of benzene rings is 1. The molecule has 1 saturated carbocycles. The maximum Gasteiger partial charge on any atom is 0.225 e. The molecule has 1 aromatic rings. The minimum Gasteiger partial charge on any atom is -0.497 e.